The number of quaternary nitrogens is 1. The smallest absolute Gasteiger partial charge is 0.275 e. The molecule has 1 aliphatic carbocycles. The number of carbonyl (C=O) groups excluding carboxylic acids is 1. The Morgan fingerprint density at radius 3 is 2.74 bits per heavy atom. The summed E-state index contributed by atoms with van der Waals surface area (Å²) in [4.78, 5) is 15.4. The van der Waals surface area contributed by atoms with Crippen LogP contribution in [0.2, 0.25) is 0 Å². The van der Waals surface area contributed by atoms with Crippen molar-refractivity contribution in [2.75, 3.05) is 38.0 Å². The minimum absolute atomic E-state index is 0.186. The van der Waals surface area contributed by atoms with E-state index < -0.39 is 0 Å². The van der Waals surface area contributed by atoms with Crippen molar-refractivity contribution in [3.05, 3.63) is 28.7 Å². The van der Waals surface area contributed by atoms with Crippen molar-refractivity contribution in [3.63, 3.8) is 0 Å². The molecule has 3 rings (SSSR count). The zero-order valence-electron chi connectivity index (χ0n) is 13.0. The van der Waals surface area contributed by atoms with Gasteiger partial charge in [-0.05, 0) is 43.3 Å². The third-order valence-corrected chi connectivity index (χ3v) is 5.04. The molecule has 1 aromatic rings. The number of rotatable bonds is 4. The minimum atomic E-state index is 0.186. The third-order valence-electron chi connectivity index (χ3n) is 4.19. The summed E-state index contributed by atoms with van der Waals surface area (Å²) in [7, 11) is 0. The number of hydrogen-bond acceptors (Lipinski definition) is 2. The lowest BCUT2D eigenvalue weighted by Gasteiger charge is -2.33. The van der Waals surface area contributed by atoms with Crippen LogP contribution in [-0.2, 0) is 4.79 Å². The molecular weight excluding hydrogens is 376 g/mol. The van der Waals surface area contributed by atoms with Gasteiger partial charge in [-0.1, -0.05) is 22.0 Å². The van der Waals surface area contributed by atoms with Gasteiger partial charge in [0.1, 0.15) is 0 Å². The summed E-state index contributed by atoms with van der Waals surface area (Å²) in [5.41, 5.74) is 0.989. The van der Waals surface area contributed by atoms with Gasteiger partial charge in [0.15, 0.2) is 11.7 Å². The second kappa shape index (κ2) is 7.59. The first kappa shape index (κ1) is 16.7. The van der Waals surface area contributed by atoms with E-state index in [0.29, 0.717) is 12.6 Å². The van der Waals surface area contributed by atoms with Crippen LogP contribution in [-0.4, -0.2) is 54.7 Å². The van der Waals surface area contributed by atoms with Crippen LogP contribution in [0.3, 0.4) is 0 Å². The monoisotopic (exact) mass is 397 g/mol. The van der Waals surface area contributed by atoms with Gasteiger partial charge in [-0.25, -0.2) is 0 Å². The highest BCUT2D eigenvalue weighted by atomic mass is 79.9. The highest BCUT2D eigenvalue weighted by molar-refractivity contribution is 9.10. The number of carbonyl (C=O) groups is 1. The van der Waals surface area contributed by atoms with Crippen molar-refractivity contribution in [3.8, 4) is 0 Å². The molecule has 1 heterocycles. The molecule has 1 saturated heterocycles. The van der Waals surface area contributed by atoms with Crippen LogP contribution >= 0.6 is 28.1 Å². The van der Waals surface area contributed by atoms with E-state index in [1.807, 2.05) is 24.3 Å². The summed E-state index contributed by atoms with van der Waals surface area (Å²) in [6.07, 6.45) is 2.29. The minimum Gasteiger partial charge on any atom is -0.348 e. The molecule has 1 amide bonds. The molecular formula is C16H22BrN4OS+. The Balaban J connectivity index is 1.42. The van der Waals surface area contributed by atoms with Crippen molar-refractivity contribution >= 4 is 44.9 Å². The maximum absolute atomic E-state index is 11.9. The normalized spacial score (nSPS) is 18.6. The molecule has 0 radical (unpaired) electrons. The average molecular weight is 398 g/mol. The van der Waals surface area contributed by atoms with E-state index in [-0.39, 0.29) is 5.91 Å². The number of anilines is 1. The lowest BCUT2D eigenvalue weighted by molar-refractivity contribution is -0.895. The average Bonchev–Trinajstić information content (AvgIpc) is 3.31. The van der Waals surface area contributed by atoms with Crippen LogP contribution in [0.25, 0.3) is 0 Å². The number of halogens is 1. The summed E-state index contributed by atoms with van der Waals surface area (Å²) >= 11 is 8.96. The molecule has 1 aliphatic heterocycles. The largest absolute Gasteiger partial charge is 0.348 e. The number of thiocarbonyl (C=S) groups is 1. The topological polar surface area (TPSA) is 48.8 Å². The number of hydrogen-bond donors (Lipinski definition) is 3. The van der Waals surface area contributed by atoms with E-state index in [1.165, 1.54) is 4.90 Å². The highest BCUT2D eigenvalue weighted by Crippen LogP contribution is 2.18. The zero-order chi connectivity index (χ0) is 16.2. The van der Waals surface area contributed by atoms with E-state index >= 15 is 0 Å². The predicted octanol–water partition coefficient (Wildman–Crippen LogP) is 0.625. The second-order valence-electron chi connectivity index (χ2n) is 6.20. The van der Waals surface area contributed by atoms with Gasteiger partial charge in [0.05, 0.1) is 26.2 Å². The van der Waals surface area contributed by atoms with Crippen molar-refractivity contribution in [2.45, 2.75) is 18.9 Å². The molecule has 0 aromatic heterocycles. The van der Waals surface area contributed by atoms with Crippen LogP contribution in [0.15, 0.2) is 28.7 Å². The summed E-state index contributed by atoms with van der Waals surface area (Å²) in [5.74, 6) is 0.186. The number of nitrogens with one attached hydrogen (secondary N) is 3. The van der Waals surface area contributed by atoms with Crippen LogP contribution in [0.4, 0.5) is 5.69 Å². The molecule has 0 unspecified atom stereocenters. The molecule has 7 heteroatoms. The van der Waals surface area contributed by atoms with Gasteiger partial charge >= 0.3 is 0 Å². The maximum Gasteiger partial charge on any atom is 0.275 e. The number of nitrogens with zero attached hydrogens (tertiary/aromatic N) is 1. The van der Waals surface area contributed by atoms with E-state index in [4.69, 9.17) is 12.2 Å². The molecule has 0 bridgehead atoms. The predicted molar refractivity (Wildman–Crippen MR) is 98.7 cm³/mol. The Labute approximate surface area is 150 Å². The Morgan fingerprint density at radius 1 is 1.35 bits per heavy atom. The summed E-state index contributed by atoms with van der Waals surface area (Å²) in [6, 6.07) is 8.43. The van der Waals surface area contributed by atoms with Crippen LogP contribution in [0.5, 0.6) is 0 Å². The Kier molecular flexibility index (Phi) is 5.50. The Hall–Kier alpha value is -1.18. The first-order valence-electron chi connectivity index (χ1n) is 8.04. The van der Waals surface area contributed by atoms with E-state index in [2.05, 4.69) is 31.5 Å². The van der Waals surface area contributed by atoms with E-state index in [9.17, 15) is 4.79 Å². The van der Waals surface area contributed by atoms with Gasteiger partial charge in [0, 0.05) is 16.2 Å². The van der Waals surface area contributed by atoms with E-state index in [0.717, 1.165) is 54.3 Å². The Morgan fingerprint density at radius 2 is 2.09 bits per heavy atom. The molecule has 3 N–H and O–H groups in total. The summed E-state index contributed by atoms with van der Waals surface area (Å²) in [6.45, 7) is 4.23. The molecule has 0 spiro atoms. The molecule has 124 valence electrons. The fraction of sp³-hybridized carbons (Fsp3) is 0.500. The van der Waals surface area contributed by atoms with Crippen LogP contribution in [0, 0.1) is 0 Å². The van der Waals surface area contributed by atoms with Gasteiger partial charge in [0.2, 0.25) is 0 Å². The van der Waals surface area contributed by atoms with Crippen molar-refractivity contribution in [1.29, 1.82) is 0 Å². The number of piperazine rings is 1. The fourth-order valence-corrected chi connectivity index (χ4v) is 3.40. The first-order valence-corrected chi connectivity index (χ1v) is 9.25. The standard InChI is InChI=1S/C16H21BrN4OS/c17-12-2-1-3-14(10-12)19-16(23)21-8-6-20(7-9-21)11-15(22)18-13-4-5-13/h1-3,10,13H,4-9,11H2,(H,18,22)(H,19,23)/p+1. The molecule has 23 heavy (non-hydrogen) atoms. The van der Waals surface area contributed by atoms with Crippen molar-refractivity contribution < 1.29 is 9.69 Å². The fourth-order valence-electron chi connectivity index (χ4n) is 2.71. The highest BCUT2D eigenvalue weighted by Gasteiger charge is 2.27. The van der Waals surface area contributed by atoms with Gasteiger partial charge in [0.25, 0.3) is 5.91 Å². The number of amides is 1. The van der Waals surface area contributed by atoms with Gasteiger partial charge in [-0.3, -0.25) is 4.79 Å². The molecule has 0 atom stereocenters. The SMILES string of the molecule is O=C(C[NH+]1CCN(C(=S)Nc2cccc(Br)c2)CC1)NC1CC1. The van der Waals surface area contributed by atoms with Crippen molar-refractivity contribution in [2.24, 2.45) is 0 Å². The molecule has 5 nitrogen and oxygen atoms in total. The maximum atomic E-state index is 11.9. The number of benzene rings is 1. The molecule has 2 fully saturated rings. The van der Waals surface area contributed by atoms with Gasteiger partial charge in [-0.2, -0.15) is 0 Å². The summed E-state index contributed by atoms with van der Waals surface area (Å²) < 4.78 is 1.03. The Bertz CT molecular complexity index is 585. The zero-order valence-corrected chi connectivity index (χ0v) is 15.4. The quantitative estimate of drug-likeness (QED) is 0.652. The molecule has 2 aliphatic rings. The van der Waals surface area contributed by atoms with E-state index in [1.54, 1.807) is 0 Å². The molecule has 1 saturated carbocycles. The first-order chi connectivity index (χ1) is 11.1. The van der Waals surface area contributed by atoms with Crippen LogP contribution in [0.1, 0.15) is 12.8 Å². The van der Waals surface area contributed by atoms with Crippen molar-refractivity contribution in [1.82, 2.24) is 10.2 Å². The third kappa shape index (κ3) is 5.16. The lowest BCUT2D eigenvalue weighted by atomic mass is 10.3. The van der Waals surface area contributed by atoms with Gasteiger partial charge < -0.3 is 20.4 Å². The lowest BCUT2D eigenvalue weighted by Crippen LogP contribution is -3.15. The second-order valence-corrected chi connectivity index (χ2v) is 7.50. The summed E-state index contributed by atoms with van der Waals surface area (Å²) in [5, 5.41) is 7.09. The van der Waals surface area contributed by atoms with Crippen LogP contribution < -0.4 is 15.5 Å². The van der Waals surface area contributed by atoms with Gasteiger partial charge in [-0.15, -0.1) is 0 Å². The molecule has 1 aromatic carbocycles.